The number of carbonyl (C=O) groups is 2. The zero-order valence-electron chi connectivity index (χ0n) is 22.7. The van der Waals surface area contributed by atoms with Gasteiger partial charge in [-0.25, -0.2) is 18.1 Å². The number of carbonyl (C=O) groups excluding carboxylic acids is 2. The van der Waals surface area contributed by atoms with Gasteiger partial charge in [-0.05, 0) is 74.1 Å². The lowest BCUT2D eigenvalue weighted by atomic mass is 9.86. The molecule has 1 atom stereocenters. The zero-order valence-corrected chi connectivity index (χ0v) is 24.4. The van der Waals surface area contributed by atoms with Crippen LogP contribution in [-0.2, 0) is 19.6 Å². The van der Waals surface area contributed by atoms with E-state index in [1.165, 1.54) is 6.07 Å². The van der Waals surface area contributed by atoms with Crippen molar-refractivity contribution in [2.24, 2.45) is 11.8 Å². The third-order valence-electron chi connectivity index (χ3n) is 7.69. The van der Waals surface area contributed by atoms with Gasteiger partial charge in [0, 0.05) is 26.2 Å². The van der Waals surface area contributed by atoms with Crippen LogP contribution in [0.1, 0.15) is 33.1 Å². The van der Waals surface area contributed by atoms with E-state index in [9.17, 15) is 18.0 Å². The van der Waals surface area contributed by atoms with E-state index in [4.69, 9.17) is 4.98 Å². The van der Waals surface area contributed by atoms with Crippen LogP contribution in [0.25, 0.3) is 21.0 Å². The highest BCUT2D eigenvalue weighted by molar-refractivity contribution is 7.90. The zero-order chi connectivity index (χ0) is 28.3. The molecule has 1 aliphatic rings. The minimum absolute atomic E-state index is 0.00210. The van der Waals surface area contributed by atoms with Crippen molar-refractivity contribution in [1.29, 1.82) is 0 Å². The summed E-state index contributed by atoms with van der Waals surface area (Å²) in [7, 11) is -4.15. The third kappa shape index (κ3) is 5.97. The topological polar surface area (TPSA) is 99.7 Å². The summed E-state index contributed by atoms with van der Waals surface area (Å²) in [6, 6.07) is 20.2. The summed E-state index contributed by atoms with van der Waals surface area (Å²) in [6.45, 7) is 6.16. The van der Waals surface area contributed by atoms with Crippen molar-refractivity contribution < 1.29 is 18.0 Å². The molecule has 210 valence electrons. The quantitative estimate of drug-likeness (QED) is 0.279. The number of para-hydroxylation sites is 1. The summed E-state index contributed by atoms with van der Waals surface area (Å²) >= 11 is 1.67. The number of benzene rings is 3. The smallest absolute Gasteiger partial charge is 0.264 e. The molecular formula is C30H34N4O4S2. The molecule has 1 aromatic heterocycles. The van der Waals surface area contributed by atoms with Crippen molar-refractivity contribution in [2.45, 2.75) is 38.0 Å². The maximum absolute atomic E-state index is 13.5. The number of hydrogen-bond acceptors (Lipinski definition) is 7. The molecule has 0 aliphatic carbocycles. The van der Waals surface area contributed by atoms with E-state index in [1.807, 2.05) is 56.3 Å². The molecule has 1 fully saturated rings. The van der Waals surface area contributed by atoms with Crippen molar-refractivity contribution >= 4 is 59.3 Å². The van der Waals surface area contributed by atoms with E-state index in [1.54, 1.807) is 28.4 Å². The number of piperidine rings is 1. The van der Waals surface area contributed by atoms with E-state index >= 15 is 0 Å². The Hall–Kier alpha value is -3.50. The highest BCUT2D eigenvalue weighted by Gasteiger charge is 2.36. The van der Waals surface area contributed by atoms with Gasteiger partial charge in [0.25, 0.3) is 10.0 Å². The second kappa shape index (κ2) is 11.9. The number of nitrogens with zero attached hydrogens (tertiary/aromatic N) is 3. The monoisotopic (exact) mass is 578 g/mol. The Morgan fingerprint density at radius 1 is 1.00 bits per heavy atom. The number of nitrogens with one attached hydrogen (secondary N) is 1. The van der Waals surface area contributed by atoms with Crippen molar-refractivity contribution in [2.75, 3.05) is 31.1 Å². The summed E-state index contributed by atoms with van der Waals surface area (Å²) < 4.78 is 29.8. The summed E-state index contributed by atoms with van der Waals surface area (Å²) in [4.78, 5) is 35.6. The second-order valence-corrected chi connectivity index (χ2v) is 12.9. The van der Waals surface area contributed by atoms with E-state index in [-0.39, 0.29) is 16.7 Å². The molecule has 40 heavy (non-hydrogen) atoms. The fourth-order valence-corrected chi connectivity index (χ4v) is 7.43. The molecule has 1 saturated heterocycles. The molecule has 0 radical (unpaired) electrons. The molecule has 4 aromatic rings. The number of hydrogen-bond donors (Lipinski definition) is 1. The first-order valence-electron chi connectivity index (χ1n) is 13.7. The first kappa shape index (κ1) is 28.0. The average molecular weight is 579 g/mol. The third-order valence-corrected chi connectivity index (χ3v) is 10.1. The summed E-state index contributed by atoms with van der Waals surface area (Å²) in [6.07, 6.45) is 1.90. The van der Waals surface area contributed by atoms with Crippen LogP contribution in [0.15, 0.2) is 71.6 Å². The molecule has 1 aliphatic heterocycles. The summed E-state index contributed by atoms with van der Waals surface area (Å²) in [5, 5.41) is 2.64. The van der Waals surface area contributed by atoms with Crippen molar-refractivity contribution in [3.8, 4) is 0 Å². The Labute approximate surface area is 239 Å². The highest BCUT2D eigenvalue weighted by Crippen LogP contribution is 2.33. The second-order valence-electron chi connectivity index (χ2n) is 10.2. The number of thiazole rings is 1. The van der Waals surface area contributed by atoms with Crippen LogP contribution in [0.2, 0.25) is 0 Å². The van der Waals surface area contributed by atoms with E-state index in [0.717, 1.165) is 52.1 Å². The van der Waals surface area contributed by atoms with Crippen LogP contribution in [-0.4, -0.2) is 56.3 Å². The number of aromatic nitrogens is 1. The Kier molecular flexibility index (Phi) is 8.37. The van der Waals surface area contributed by atoms with Crippen LogP contribution in [0, 0.1) is 11.8 Å². The molecule has 5 rings (SSSR count). The minimum atomic E-state index is -4.15. The molecule has 3 aromatic carbocycles. The van der Waals surface area contributed by atoms with Gasteiger partial charge in [0.2, 0.25) is 11.8 Å². The van der Waals surface area contributed by atoms with E-state index in [0.29, 0.717) is 19.5 Å². The van der Waals surface area contributed by atoms with Gasteiger partial charge in [-0.1, -0.05) is 53.8 Å². The van der Waals surface area contributed by atoms with E-state index in [2.05, 4.69) is 15.7 Å². The Bertz CT molecular complexity index is 1590. The molecule has 8 nitrogen and oxygen atoms in total. The Morgan fingerprint density at radius 2 is 1.68 bits per heavy atom. The fourth-order valence-electron chi connectivity index (χ4n) is 5.36. The Balaban J connectivity index is 1.30. The van der Waals surface area contributed by atoms with Gasteiger partial charge in [-0.3, -0.25) is 9.59 Å². The van der Waals surface area contributed by atoms with Gasteiger partial charge in [0.15, 0.2) is 5.13 Å². The molecule has 10 heteroatoms. The number of sulfonamides is 1. The first-order valence-corrected chi connectivity index (χ1v) is 16.0. The van der Waals surface area contributed by atoms with Gasteiger partial charge >= 0.3 is 0 Å². The van der Waals surface area contributed by atoms with E-state index < -0.39 is 21.8 Å². The SMILES string of the molecule is CCN(CC)C(=O)C(CC1CCN(c2nc3ccccc3s2)CC1)C(=O)NS(=O)(=O)c1ccc2ccccc2c1. The molecule has 1 unspecified atom stereocenters. The molecule has 0 bridgehead atoms. The minimum Gasteiger partial charge on any atom is -0.348 e. The fraction of sp³-hybridized carbons (Fsp3) is 0.367. The first-order chi connectivity index (χ1) is 19.3. The molecule has 1 N–H and O–H groups in total. The summed E-state index contributed by atoms with van der Waals surface area (Å²) in [5.74, 6) is -2.05. The van der Waals surface area contributed by atoms with Gasteiger partial charge in [0.05, 0.1) is 15.1 Å². The predicted octanol–water partition coefficient (Wildman–Crippen LogP) is 5.05. The van der Waals surface area contributed by atoms with Crippen molar-refractivity contribution in [3.63, 3.8) is 0 Å². The number of fused-ring (bicyclic) bond motifs is 2. The summed E-state index contributed by atoms with van der Waals surface area (Å²) in [5.41, 5.74) is 0.985. The largest absolute Gasteiger partial charge is 0.348 e. The maximum Gasteiger partial charge on any atom is 0.264 e. The lowest BCUT2D eigenvalue weighted by Crippen LogP contribution is -2.46. The van der Waals surface area contributed by atoms with Crippen LogP contribution < -0.4 is 9.62 Å². The van der Waals surface area contributed by atoms with Gasteiger partial charge < -0.3 is 9.80 Å². The molecule has 2 heterocycles. The van der Waals surface area contributed by atoms with Crippen molar-refractivity contribution in [1.82, 2.24) is 14.6 Å². The van der Waals surface area contributed by atoms with Gasteiger partial charge in [-0.15, -0.1) is 0 Å². The van der Waals surface area contributed by atoms with Crippen LogP contribution >= 0.6 is 11.3 Å². The molecule has 0 saturated carbocycles. The normalized spacial score (nSPS) is 15.3. The van der Waals surface area contributed by atoms with Crippen LogP contribution in [0.5, 0.6) is 0 Å². The lowest BCUT2D eigenvalue weighted by molar-refractivity contribution is -0.142. The Morgan fingerprint density at radius 3 is 2.38 bits per heavy atom. The standard InChI is InChI=1S/C30H34N4O4S2/c1-3-33(4-2)29(36)25(28(35)32-40(37,38)24-14-13-22-9-5-6-10-23(22)20-24)19-21-15-17-34(18-16-21)30-31-26-11-7-8-12-27(26)39-30/h5-14,20-21,25H,3-4,15-19H2,1-2H3,(H,32,35). The number of anilines is 1. The van der Waals surface area contributed by atoms with Gasteiger partial charge in [0.1, 0.15) is 5.92 Å². The lowest BCUT2D eigenvalue weighted by Gasteiger charge is -2.34. The van der Waals surface area contributed by atoms with Crippen LogP contribution in [0.3, 0.4) is 0 Å². The van der Waals surface area contributed by atoms with Crippen molar-refractivity contribution in [3.05, 3.63) is 66.7 Å². The average Bonchev–Trinajstić information content (AvgIpc) is 3.40. The maximum atomic E-state index is 13.5. The van der Waals surface area contributed by atoms with Gasteiger partial charge in [-0.2, -0.15) is 0 Å². The van der Waals surface area contributed by atoms with Crippen LogP contribution in [0.4, 0.5) is 5.13 Å². The molecule has 2 amide bonds. The number of amides is 2. The number of rotatable bonds is 9. The molecular weight excluding hydrogens is 544 g/mol. The highest BCUT2D eigenvalue weighted by atomic mass is 32.2. The molecule has 0 spiro atoms. The predicted molar refractivity (Wildman–Crippen MR) is 160 cm³/mol.